The van der Waals surface area contributed by atoms with Crippen LogP contribution in [0.1, 0.15) is 35.6 Å². The second-order valence-electron chi connectivity index (χ2n) is 6.43. The zero-order valence-electron chi connectivity index (χ0n) is 16.0. The predicted molar refractivity (Wildman–Crippen MR) is 107 cm³/mol. The van der Waals surface area contributed by atoms with Crippen LogP contribution in [0.4, 0.5) is 5.82 Å². The molecule has 27 heavy (non-hydrogen) atoms. The van der Waals surface area contributed by atoms with Crippen molar-refractivity contribution in [2.75, 3.05) is 37.7 Å². The van der Waals surface area contributed by atoms with Crippen LogP contribution in [0.3, 0.4) is 0 Å². The van der Waals surface area contributed by atoms with E-state index in [1.807, 2.05) is 49.9 Å². The monoisotopic (exact) mass is 388 g/mol. The molecule has 1 aliphatic rings. The quantitative estimate of drug-likeness (QED) is 0.735. The van der Waals surface area contributed by atoms with Gasteiger partial charge < -0.3 is 14.5 Å². The number of amides is 1. The van der Waals surface area contributed by atoms with Crippen molar-refractivity contribution in [3.63, 3.8) is 0 Å². The van der Waals surface area contributed by atoms with Crippen LogP contribution in [0, 0.1) is 6.92 Å². The lowest BCUT2D eigenvalue weighted by molar-refractivity contribution is 0.0742. The van der Waals surface area contributed by atoms with E-state index in [2.05, 4.69) is 14.9 Å². The number of halogens is 1. The first-order valence-electron chi connectivity index (χ1n) is 9.34. The Morgan fingerprint density at radius 2 is 1.85 bits per heavy atom. The first-order valence-corrected chi connectivity index (χ1v) is 9.72. The van der Waals surface area contributed by atoms with Gasteiger partial charge in [0.15, 0.2) is 0 Å². The summed E-state index contributed by atoms with van der Waals surface area (Å²) in [6, 6.07) is 7.41. The minimum absolute atomic E-state index is 0.00585. The molecule has 1 aliphatic heterocycles. The van der Waals surface area contributed by atoms with Crippen molar-refractivity contribution in [1.82, 2.24) is 14.9 Å². The number of hydrogen-bond acceptors (Lipinski definition) is 5. The number of hydrogen-bond donors (Lipinski definition) is 0. The smallest absolute Gasteiger partial charge is 0.257 e. The molecule has 0 saturated carbocycles. The Balaban J connectivity index is 1.74. The minimum Gasteiger partial charge on any atom is -0.493 e. The van der Waals surface area contributed by atoms with Crippen LogP contribution in [-0.4, -0.2) is 53.6 Å². The molecule has 0 N–H and O–H groups in total. The van der Waals surface area contributed by atoms with Gasteiger partial charge in [0.1, 0.15) is 22.5 Å². The van der Waals surface area contributed by atoms with Crippen molar-refractivity contribution in [3.05, 3.63) is 46.4 Å². The third kappa shape index (κ3) is 4.16. The fourth-order valence-corrected chi connectivity index (χ4v) is 3.67. The van der Waals surface area contributed by atoms with Gasteiger partial charge in [-0.25, -0.2) is 9.97 Å². The summed E-state index contributed by atoms with van der Waals surface area (Å²) in [4.78, 5) is 25.9. The summed E-state index contributed by atoms with van der Waals surface area (Å²) in [5.41, 5.74) is 1.58. The van der Waals surface area contributed by atoms with Crippen LogP contribution in [-0.2, 0) is 6.42 Å². The fourth-order valence-electron chi connectivity index (χ4n) is 3.33. The van der Waals surface area contributed by atoms with Crippen molar-refractivity contribution in [1.29, 1.82) is 0 Å². The minimum atomic E-state index is 0.00585. The van der Waals surface area contributed by atoms with Crippen LogP contribution in [0.5, 0.6) is 5.75 Å². The van der Waals surface area contributed by atoms with Gasteiger partial charge >= 0.3 is 0 Å². The van der Waals surface area contributed by atoms with Crippen molar-refractivity contribution in [2.45, 2.75) is 27.2 Å². The van der Waals surface area contributed by atoms with Gasteiger partial charge in [0.25, 0.3) is 5.91 Å². The summed E-state index contributed by atoms with van der Waals surface area (Å²) in [5, 5.41) is 0.518. The van der Waals surface area contributed by atoms with Crippen LogP contribution < -0.4 is 9.64 Å². The first kappa shape index (κ1) is 19.4. The van der Waals surface area contributed by atoms with Gasteiger partial charge in [-0.05, 0) is 32.4 Å². The Morgan fingerprint density at radius 1 is 1.15 bits per heavy atom. The zero-order valence-corrected chi connectivity index (χ0v) is 16.8. The lowest BCUT2D eigenvalue weighted by atomic mass is 10.1. The number of para-hydroxylation sites is 1. The van der Waals surface area contributed by atoms with Gasteiger partial charge in [-0.2, -0.15) is 0 Å². The van der Waals surface area contributed by atoms with E-state index in [-0.39, 0.29) is 5.91 Å². The molecule has 1 aromatic carbocycles. The fraction of sp³-hybridized carbons (Fsp3) is 0.450. The normalized spacial score (nSPS) is 14.4. The molecule has 144 valence electrons. The summed E-state index contributed by atoms with van der Waals surface area (Å²) in [6.07, 6.45) is 0.773. The SMILES string of the molecule is CCOc1ccccc1C(=O)N1CCN(c2nc(C)nc(Cl)c2CC)CC1. The molecule has 1 aromatic heterocycles. The Kier molecular flexibility index (Phi) is 6.16. The molecule has 0 aliphatic carbocycles. The highest BCUT2D eigenvalue weighted by molar-refractivity contribution is 6.30. The maximum Gasteiger partial charge on any atom is 0.257 e. The van der Waals surface area contributed by atoms with Crippen molar-refractivity contribution >= 4 is 23.3 Å². The van der Waals surface area contributed by atoms with Crippen LogP contribution in [0.2, 0.25) is 5.15 Å². The highest BCUT2D eigenvalue weighted by atomic mass is 35.5. The molecule has 0 radical (unpaired) electrons. The standard InChI is InChI=1S/C20H25ClN4O2/c1-4-15-18(21)22-14(3)23-19(15)24-10-12-25(13-11-24)20(26)16-8-6-7-9-17(16)27-5-2/h6-9H,4-5,10-13H2,1-3H3. The largest absolute Gasteiger partial charge is 0.493 e. The number of aryl methyl sites for hydroxylation is 1. The number of carbonyl (C=O) groups excluding carboxylic acids is 1. The molecule has 2 aromatic rings. The lowest BCUT2D eigenvalue weighted by Crippen LogP contribution is -2.49. The Bertz CT molecular complexity index is 820. The number of ether oxygens (including phenoxy) is 1. The number of rotatable bonds is 5. The van der Waals surface area contributed by atoms with E-state index in [0.29, 0.717) is 55.1 Å². The highest BCUT2D eigenvalue weighted by Crippen LogP contribution is 2.27. The summed E-state index contributed by atoms with van der Waals surface area (Å²) in [7, 11) is 0. The molecule has 0 spiro atoms. The number of anilines is 1. The van der Waals surface area contributed by atoms with Crippen LogP contribution in [0.25, 0.3) is 0 Å². The molecule has 3 rings (SSSR count). The number of piperazine rings is 1. The van der Waals surface area contributed by atoms with E-state index in [9.17, 15) is 4.79 Å². The Morgan fingerprint density at radius 3 is 2.52 bits per heavy atom. The van der Waals surface area contributed by atoms with E-state index < -0.39 is 0 Å². The third-order valence-corrected chi connectivity index (χ3v) is 5.00. The van der Waals surface area contributed by atoms with Gasteiger partial charge in [0.05, 0.1) is 12.2 Å². The van der Waals surface area contributed by atoms with E-state index in [1.165, 1.54) is 0 Å². The van der Waals surface area contributed by atoms with Gasteiger partial charge in [-0.1, -0.05) is 30.7 Å². The van der Waals surface area contributed by atoms with Crippen LogP contribution >= 0.6 is 11.6 Å². The van der Waals surface area contributed by atoms with E-state index in [0.717, 1.165) is 17.8 Å². The van der Waals surface area contributed by atoms with Crippen molar-refractivity contribution in [2.24, 2.45) is 0 Å². The number of benzene rings is 1. The van der Waals surface area contributed by atoms with Crippen molar-refractivity contribution < 1.29 is 9.53 Å². The molecular formula is C20H25ClN4O2. The Hall–Kier alpha value is -2.34. The second kappa shape index (κ2) is 8.57. The van der Waals surface area contributed by atoms with Gasteiger partial charge in [0.2, 0.25) is 0 Å². The number of nitrogens with zero attached hydrogens (tertiary/aromatic N) is 4. The molecule has 6 nitrogen and oxygen atoms in total. The maximum absolute atomic E-state index is 13.0. The van der Waals surface area contributed by atoms with Crippen LogP contribution in [0.15, 0.2) is 24.3 Å². The molecule has 7 heteroatoms. The number of carbonyl (C=O) groups is 1. The second-order valence-corrected chi connectivity index (χ2v) is 6.78. The topological polar surface area (TPSA) is 58.6 Å². The average molecular weight is 389 g/mol. The molecule has 2 heterocycles. The van der Waals surface area contributed by atoms with E-state index in [1.54, 1.807) is 0 Å². The Labute approximate surface area is 165 Å². The maximum atomic E-state index is 13.0. The van der Waals surface area contributed by atoms with E-state index in [4.69, 9.17) is 16.3 Å². The predicted octanol–water partition coefficient (Wildman–Crippen LogP) is 3.36. The molecule has 1 amide bonds. The van der Waals surface area contributed by atoms with Gasteiger partial charge in [0, 0.05) is 31.7 Å². The summed E-state index contributed by atoms with van der Waals surface area (Å²) in [6.45, 7) is 9.02. The number of aromatic nitrogens is 2. The van der Waals surface area contributed by atoms with Crippen molar-refractivity contribution in [3.8, 4) is 5.75 Å². The molecule has 0 atom stereocenters. The average Bonchev–Trinajstić information content (AvgIpc) is 2.68. The highest BCUT2D eigenvalue weighted by Gasteiger charge is 2.26. The molecule has 0 unspecified atom stereocenters. The summed E-state index contributed by atoms with van der Waals surface area (Å²) in [5.74, 6) is 2.19. The molecule has 1 saturated heterocycles. The molecule has 0 bridgehead atoms. The summed E-state index contributed by atoms with van der Waals surface area (Å²) < 4.78 is 5.61. The van der Waals surface area contributed by atoms with Gasteiger partial charge in [-0.3, -0.25) is 4.79 Å². The molecule has 1 fully saturated rings. The summed E-state index contributed by atoms with van der Waals surface area (Å²) >= 11 is 6.30. The van der Waals surface area contributed by atoms with E-state index >= 15 is 0 Å². The molecular weight excluding hydrogens is 364 g/mol. The third-order valence-electron chi connectivity index (χ3n) is 4.68. The zero-order chi connectivity index (χ0) is 19.4. The lowest BCUT2D eigenvalue weighted by Gasteiger charge is -2.36. The first-order chi connectivity index (χ1) is 13.0. The van der Waals surface area contributed by atoms with Gasteiger partial charge in [-0.15, -0.1) is 0 Å².